The first-order chi connectivity index (χ1) is 23.4. The molecule has 1 N–H and O–H groups in total. The zero-order valence-electron chi connectivity index (χ0n) is 34.0. The van der Waals surface area contributed by atoms with Crippen molar-refractivity contribution < 1.29 is 4.79 Å². The molecule has 0 heterocycles. The van der Waals surface area contributed by atoms with Crippen molar-refractivity contribution >= 4 is 5.91 Å². The van der Waals surface area contributed by atoms with Crippen LogP contribution in [-0.2, 0) is 4.79 Å². The molecule has 0 aromatic carbocycles. The summed E-state index contributed by atoms with van der Waals surface area (Å²) in [5.41, 5.74) is 2.70. The van der Waals surface area contributed by atoms with E-state index in [0.717, 1.165) is 48.3 Å². The van der Waals surface area contributed by atoms with Gasteiger partial charge in [-0.2, -0.15) is 0 Å². The van der Waals surface area contributed by atoms with Crippen LogP contribution in [0, 0.1) is 51.8 Å². The monoisotopic (exact) mass is 678 g/mol. The largest absolute Gasteiger partial charge is 0.353 e. The normalized spacial score (nSPS) is 33.5. The smallest absolute Gasteiger partial charge is 0.220 e. The van der Waals surface area contributed by atoms with Crippen LogP contribution in [0.2, 0.25) is 0 Å². The van der Waals surface area contributed by atoms with E-state index in [2.05, 4.69) is 72.5 Å². The average molecular weight is 678 g/mol. The molecule has 4 aliphatic carbocycles. The van der Waals surface area contributed by atoms with E-state index in [1.165, 1.54) is 153 Å². The molecule has 4 saturated carbocycles. The number of hydrogen-bond acceptors (Lipinski definition) is 1. The van der Waals surface area contributed by atoms with Gasteiger partial charge >= 0.3 is 0 Å². The van der Waals surface area contributed by atoms with Gasteiger partial charge in [0.25, 0.3) is 0 Å². The number of fused-ring (bicyclic) bond motifs is 5. The van der Waals surface area contributed by atoms with Gasteiger partial charge in [-0.05, 0) is 154 Å². The van der Waals surface area contributed by atoms with Crippen LogP contribution in [0.3, 0.4) is 0 Å². The summed E-state index contributed by atoms with van der Waals surface area (Å²) >= 11 is 0. The lowest BCUT2D eigenvalue weighted by molar-refractivity contribution is -0.128. The maximum Gasteiger partial charge on any atom is 0.220 e. The van der Waals surface area contributed by atoms with E-state index < -0.39 is 0 Å². The number of unbranched alkanes of at least 4 members (excludes halogenated alkanes) is 11. The van der Waals surface area contributed by atoms with Gasteiger partial charge in [0.05, 0.1) is 0 Å². The van der Waals surface area contributed by atoms with Crippen molar-refractivity contribution in [3.05, 3.63) is 24.3 Å². The Morgan fingerprint density at radius 1 is 0.776 bits per heavy atom. The van der Waals surface area contributed by atoms with Gasteiger partial charge in [-0.3, -0.25) is 4.79 Å². The number of allylic oxidation sites excluding steroid dienone is 3. The molecular formula is C47H83NO. The molecule has 2 heteroatoms. The zero-order chi connectivity index (χ0) is 35.5. The number of nitrogens with one attached hydrogen (secondary N) is 1. The third kappa shape index (κ3) is 11.0. The summed E-state index contributed by atoms with van der Waals surface area (Å²) in [7, 11) is 0. The van der Waals surface area contributed by atoms with E-state index in [1.807, 2.05) is 0 Å². The molecule has 0 spiro atoms. The van der Waals surface area contributed by atoms with Crippen molar-refractivity contribution in [2.45, 2.75) is 215 Å². The Balaban J connectivity index is 1.11. The lowest BCUT2D eigenvalue weighted by Crippen LogP contribution is -2.55. The number of rotatable bonds is 20. The third-order valence-corrected chi connectivity index (χ3v) is 15.4. The molecule has 0 aromatic rings. The fraction of sp³-hybridized carbons (Fsp3) is 0.894. The zero-order valence-corrected chi connectivity index (χ0v) is 34.0. The SMILES string of the molecule is C=C(CC[C@@H](C)[C@H]1CCC2C3CCC4C[C@@H](NC(=O)CCCCCCC/C=C\CCCCCCCC)CC[C@]4(C)C3CC[C@@]21C)C(C)(C)C. The molecule has 9 atom stereocenters. The number of hydrogen-bond donors (Lipinski definition) is 1. The van der Waals surface area contributed by atoms with E-state index in [9.17, 15) is 4.79 Å². The summed E-state index contributed by atoms with van der Waals surface area (Å²) in [5, 5.41) is 3.53. The Kier molecular flexibility index (Phi) is 15.9. The van der Waals surface area contributed by atoms with Crippen molar-refractivity contribution in [3.8, 4) is 0 Å². The summed E-state index contributed by atoms with van der Waals surface area (Å²) in [6.45, 7) is 21.7. The standard InChI is InChI=1S/C47H83NO/c1-9-10-11-12-13-14-15-16-17-18-19-20-21-22-23-24-44(49)48-39-31-33-46(7)38(35-39)27-28-40-42-30-29-41(47(42,8)34-32-43(40)46)36(2)25-26-37(3)45(4,5)6/h16-17,36,38-43H,3,9-15,18-35H2,1-2,4-8H3,(H,48,49)/b17-16-/t36-,38?,39+,40?,41-,42?,43?,46+,47-/m1/s1. The van der Waals surface area contributed by atoms with Crippen molar-refractivity contribution in [2.75, 3.05) is 0 Å². The molecule has 0 aromatic heterocycles. The molecule has 0 bridgehead atoms. The topological polar surface area (TPSA) is 29.1 Å². The van der Waals surface area contributed by atoms with Crippen molar-refractivity contribution in [2.24, 2.45) is 51.8 Å². The summed E-state index contributed by atoms with van der Waals surface area (Å²) < 4.78 is 0. The molecule has 4 rings (SSSR count). The van der Waals surface area contributed by atoms with Crippen molar-refractivity contribution in [1.82, 2.24) is 5.32 Å². The molecule has 1 amide bonds. The highest BCUT2D eigenvalue weighted by Crippen LogP contribution is 2.68. The lowest BCUT2D eigenvalue weighted by Gasteiger charge is -2.61. The van der Waals surface area contributed by atoms with Gasteiger partial charge in [0.1, 0.15) is 0 Å². The maximum atomic E-state index is 13.0. The Bertz CT molecular complexity index is 1040. The number of carbonyl (C=O) groups excluding carboxylic acids is 1. The van der Waals surface area contributed by atoms with Crippen LogP contribution in [0.15, 0.2) is 24.3 Å². The molecule has 0 aliphatic heterocycles. The highest BCUT2D eigenvalue weighted by molar-refractivity contribution is 5.76. The highest BCUT2D eigenvalue weighted by Gasteiger charge is 2.60. The lowest BCUT2D eigenvalue weighted by atomic mass is 9.44. The fourth-order valence-corrected chi connectivity index (χ4v) is 12.0. The average Bonchev–Trinajstić information content (AvgIpc) is 3.42. The highest BCUT2D eigenvalue weighted by atomic mass is 16.1. The Labute approximate surface area is 306 Å². The summed E-state index contributed by atoms with van der Waals surface area (Å²) in [4.78, 5) is 13.0. The quantitative estimate of drug-likeness (QED) is 0.101. The van der Waals surface area contributed by atoms with Crippen LogP contribution in [0.5, 0.6) is 0 Å². The fourth-order valence-electron chi connectivity index (χ4n) is 12.0. The molecular weight excluding hydrogens is 595 g/mol. The first-order valence-corrected chi connectivity index (χ1v) is 22.0. The van der Waals surface area contributed by atoms with E-state index in [0.29, 0.717) is 22.8 Å². The number of amides is 1. The van der Waals surface area contributed by atoms with Crippen LogP contribution in [-0.4, -0.2) is 11.9 Å². The van der Waals surface area contributed by atoms with Crippen LogP contribution in [0.25, 0.3) is 0 Å². The van der Waals surface area contributed by atoms with Gasteiger partial charge in [0.2, 0.25) is 5.91 Å². The second kappa shape index (κ2) is 19.1. The van der Waals surface area contributed by atoms with E-state index in [1.54, 1.807) is 0 Å². The summed E-state index contributed by atoms with van der Waals surface area (Å²) in [6.07, 6.45) is 37.5. The van der Waals surface area contributed by atoms with Gasteiger partial charge in [-0.25, -0.2) is 0 Å². The Hall–Kier alpha value is -1.05. The molecule has 282 valence electrons. The predicted molar refractivity (Wildman–Crippen MR) is 214 cm³/mol. The van der Waals surface area contributed by atoms with E-state index in [-0.39, 0.29) is 5.41 Å². The second-order valence-corrected chi connectivity index (χ2v) is 19.6. The minimum absolute atomic E-state index is 0.236. The van der Waals surface area contributed by atoms with Gasteiger partial charge in [0, 0.05) is 12.5 Å². The van der Waals surface area contributed by atoms with Gasteiger partial charge in [0.15, 0.2) is 0 Å². The minimum atomic E-state index is 0.236. The maximum absolute atomic E-state index is 13.0. The first-order valence-electron chi connectivity index (χ1n) is 22.0. The summed E-state index contributed by atoms with van der Waals surface area (Å²) in [6, 6.07) is 0.415. The van der Waals surface area contributed by atoms with Crippen LogP contribution >= 0.6 is 0 Å². The van der Waals surface area contributed by atoms with E-state index in [4.69, 9.17) is 0 Å². The van der Waals surface area contributed by atoms with E-state index >= 15 is 0 Å². The first kappa shape index (κ1) is 40.7. The predicted octanol–water partition coefficient (Wildman–Crippen LogP) is 14.2. The van der Waals surface area contributed by atoms with Crippen molar-refractivity contribution in [1.29, 1.82) is 0 Å². The molecule has 4 aliphatic rings. The summed E-state index contributed by atoms with van der Waals surface area (Å²) in [5.74, 6) is 5.61. The second-order valence-electron chi connectivity index (χ2n) is 19.6. The molecule has 2 nitrogen and oxygen atoms in total. The number of carbonyl (C=O) groups is 1. The van der Waals surface area contributed by atoms with Gasteiger partial charge in [-0.15, -0.1) is 0 Å². The molecule has 4 unspecified atom stereocenters. The molecule has 49 heavy (non-hydrogen) atoms. The van der Waals surface area contributed by atoms with Gasteiger partial charge in [-0.1, -0.05) is 124 Å². The van der Waals surface area contributed by atoms with Crippen LogP contribution < -0.4 is 5.32 Å². The van der Waals surface area contributed by atoms with Crippen molar-refractivity contribution in [3.63, 3.8) is 0 Å². The minimum Gasteiger partial charge on any atom is -0.353 e. The van der Waals surface area contributed by atoms with Gasteiger partial charge < -0.3 is 5.32 Å². The molecule has 0 radical (unpaired) electrons. The third-order valence-electron chi connectivity index (χ3n) is 15.4. The Morgan fingerprint density at radius 3 is 2.06 bits per heavy atom. The van der Waals surface area contributed by atoms with Crippen LogP contribution in [0.4, 0.5) is 0 Å². The molecule has 4 fully saturated rings. The molecule has 0 saturated heterocycles. The Morgan fingerprint density at radius 2 is 1.39 bits per heavy atom. The van der Waals surface area contributed by atoms with Crippen LogP contribution in [0.1, 0.15) is 209 Å².